The molecule has 1 heterocycles. The van der Waals surface area contributed by atoms with E-state index in [9.17, 15) is 13.2 Å². The summed E-state index contributed by atoms with van der Waals surface area (Å²) in [5.41, 5.74) is 6.11. The lowest BCUT2D eigenvalue weighted by molar-refractivity contribution is 0.0941. The highest BCUT2D eigenvalue weighted by Gasteiger charge is 2.20. The zero-order chi connectivity index (χ0) is 19.4. The number of benzene rings is 2. The van der Waals surface area contributed by atoms with Crippen LogP contribution in [0.4, 0.5) is 5.69 Å². The maximum Gasteiger partial charge on any atom is 0.262 e. The molecule has 152 valence electrons. The fourth-order valence-electron chi connectivity index (χ4n) is 2.49. The first-order valence-corrected chi connectivity index (χ1v) is 9.91. The van der Waals surface area contributed by atoms with E-state index in [2.05, 4.69) is 10.0 Å². The molecule has 8 nitrogen and oxygen atoms in total. The van der Waals surface area contributed by atoms with Gasteiger partial charge in [-0.25, -0.2) is 8.42 Å². The molecule has 0 aromatic heterocycles. The van der Waals surface area contributed by atoms with E-state index in [1.807, 2.05) is 0 Å². The van der Waals surface area contributed by atoms with Gasteiger partial charge in [-0.05, 0) is 37.3 Å². The number of nitrogens with one attached hydrogen (secondary N) is 2. The fourth-order valence-corrected chi connectivity index (χ4v) is 3.56. The Morgan fingerprint density at radius 2 is 1.86 bits per heavy atom. The van der Waals surface area contributed by atoms with E-state index in [-0.39, 0.29) is 34.9 Å². The molecule has 3 rings (SSSR count). The molecule has 1 aliphatic rings. The SMILES string of the molecule is C[C@@H](CN)NC(=O)c1cccc(NS(=O)(=O)c2ccc3c(c2)OCCO3)c1.Cl. The van der Waals surface area contributed by atoms with Crippen LogP contribution in [0.3, 0.4) is 0 Å². The van der Waals surface area contributed by atoms with E-state index in [0.29, 0.717) is 36.8 Å². The standard InChI is InChI=1S/C18H21N3O5S.ClH/c1-12(11-19)20-18(22)13-3-2-4-14(9-13)21-27(23,24)15-5-6-16-17(10-15)26-8-7-25-16;/h2-6,9-10,12,21H,7-8,11,19H2,1H3,(H,20,22);1H/t12-;/m0./s1. The smallest absolute Gasteiger partial charge is 0.262 e. The second-order valence-electron chi connectivity index (χ2n) is 6.10. The minimum Gasteiger partial charge on any atom is -0.486 e. The quantitative estimate of drug-likeness (QED) is 0.646. The monoisotopic (exact) mass is 427 g/mol. The molecule has 4 N–H and O–H groups in total. The Morgan fingerprint density at radius 1 is 1.14 bits per heavy atom. The molecule has 1 aliphatic heterocycles. The Labute approximate surface area is 169 Å². The summed E-state index contributed by atoms with van der Waals surface area (Å²) in [4.78, 5) is 12.2. The molecule has 2 aromatic rings. The van der Waals surface area contributed by atoms with E-state index in [0.717, 1.165) is 0 Å². The Morgan fingerprint density at radius 3 is 2.57 bits per heavy atom. The second-order valence-corrected chi connectivity index (χ2v) is 7.78. The summed E-state index contributed by atoms with van der Waals surface area (Å²) in [6, 6.07) is 10.5. The number of sulfonamides is 1. The van der Waals surface area contributed by atoms with Crippen LogP contribution in [0.2, 0.25) is 0 Å². The first-order chi connectivity index (χ1) is 12.9. The average molecular weight is 428 g/mol. The van der Waals surface area contributed by atoms with Gasteiger partial charge in [0.05, 0.1) is 4.90 Å². The maximum atomic E-state index is 12.7. The molecule has 0 bridgehead atoms. The lowest BCUT2D eigenvalue weighted by Gasteiger charge is -2.19. The summed E-state index contributed by atoms with van der Waals surface area (Å²) in [7, 11) is -3.85. The van der Waals surface area contributed by atoms with E-state index in [1.54, 1.807) is 31.2 Å². The van der Waals surface area contributed by atoms with Gasteiger partial charge in [0.15, 0.2) is 11.5 Å². The lowest BCUT2D eigenvalue weighted by Crippen LogP contribution is -2.37. The molecule has 0 aliphatic carbocycles. The minimum absolute atomic E-state index is 0. The van der Waals surface area contributed by atoms with Gasteiger partial charge in [0.1, 0.15) is 13.2 Å². The molecule has 2 aromatic carbocycles. The number of rotatable bonds is 6. The van der Waals surface area contributed by atoms with Gasteiger partial charge in [0, 0.05) is 29.9 Å². The molecule has 10 heteroatoms. The Hall–Kier alpha value is -2.49. The maximum absolute atomic E-state index is 12.7. The first kappa shape index (κ1) is 21.8. The number of hydrogen-bond acceptors (Lipinski definition) is 6. The first-order valence-electron chi connectivity index (χ1n) is 8.42. The van der Waals surface area contributed by atoms with Crippen LogP contribution in [0.25, 0.3) is 0 Å². The number of amides is 1. The summed E-state index contributed by atoms with van der Waals surface area (Å²) in [5, 5.41) is 2.73. The van der Waals surface area contributed by atoms with Crippen molar-refractivity contribution in [2.75, 3.05) is 24.5 Å². The zero-order valence-electron chi connectivity index (χ0n) is 15.2. The van der Waals surface area contributed by atoms with Crippen LogP contribution in [-0.4, -0.2) is 40.1 Å². The van der Waals surface area contributed by atoms with Gasteiger partial charge < -0.3 is 20.5 Å². The number of ether oxygens (including phenoxy) is 2. The molecule has 1 atom stereocenters. The van der Waals surface area contributed by atoms with Crippen molar-refractivity contribution in [3.63, 3.8) is 0 Å². The van der Waals surface area contributed by atoms with Crippen LogP contribution in [0.1, 0.15) is 17.3 Å². The highest BCUT2D eigenvalue weighted by molar-refractivity contribution is 7.92. The van der Waals surface area contributed by atoms with Crippen molar-refractivity contribution in [1.29, 1.82) is 0 Å². The lowest BCUT2D eigenvalue weighted by atomic mass is 10.2. The average Bonchev–Trinajstić information content (AvgIpc) is 2.67. The van der Waals surface area contributed by atoms with E-state index < -0.39 is 10.0 Å². The highest BCUT2D eigenvalue weighted by atomic mass is 35.5. The summed E-state index contributed by atoms with van der Waals surface area (Å²) in [6.07, 6.45) is 0. The third-order valence-electron chi connectivity index (χ3n) is 3.93. The largest absolute Gasteiger partial charge is 0.486 e. The highest BCUT2D eigenvalue weighted by Crippen LogP contribution is 2.32. The predicted molar refractivity (Wildman–Crippen MR) is 108 cm³/mol. The summed E-state index contributed by atoms with van der Waals surface area (Å²) >= 11 is 0. The van der Waals surface area contributed by atoms with Gasteiger partial charge >= 0.3 is 0 Å². The van der Waals surface area contributed by atoms with Crippen molar-refractivity contribution in [3.05, 3.63) is 48.0 Å². The summed E-state index contributed by atoms with van der Waals surface area (Å²) in [6.45, 7) is 2.88. The molecule has 1 amide bonds. The van der Waals surface area contributed by atoms with Crippen molar-refractivity contribution in [2.45, 2.75) is 17.9 Å². The van der Waals surface area contributed by atoms with Crippen LogP contribution in [0.15, 0.2) is 47.4 Å². The van der Waals surface area contributed by atoms with Crippen molar-refractivity contribution in [2.24, 2.45) is 5.73 Å². The molecule has 0 radical (unpaired) electrons. The van der Waals surface area contributed by atoms with Crippen LogP contribution in [0, 0.1) is 0 Å². The van der Waals surface area contributed by atoms with Crippen LogP contribution >= 0.6 is 12.4 Å². The number of hydrogen-bond donors (Lipinski definition) is 3. The third kappa shape index (κ3) is 5.06. The van der Waals surface area contributed by atoms with E-state index in [4.69, 9.17) is 15.2 Å². The molecule has 0 spiro atoms. The topological polar surface area (TPSA) is 120 Å². The zero-order valence-corrected chi connectivity index (χ0v) is 16.8. The van der Waals surface area contributed by atoms with Crippen molar-refractivity contribution >= 4 is 34.0 Å². The Balaban J connectivity index is 0.00000280. The normalized spacial score (nSPS) is 13.8. The molecule has 0 fully saturated rings. The van der Waals surface area contributed by atoms with Crippen molar-refractivity contribution in [1.82, 2.24) is 5.32 Å². The number of carbonyl (C=O) groups excluding carboxylic acids is 1. The Bertz CT molecular complexity index is 952. The number of nitrogens with two attached hydrogens (primary N) is 1. The van der Waals surface area contributed by atoms with Crippen molar-refractivity contribution < 1.29 is 22.7 Å². The number of carbonyl (C=O) groups is 1. The summed E-state index contributed by atoms with van der Waals surface area (Å²) in [5.74, 6) is 0.564. The van der Waals surface area contributed by atoms with E-state index in [1.165, 1.54) is 18.2 Å². The number of fused-ring (bicyclic) bond motifs is 1. The molecule has 28 heavy (non-hydrogen) atoms. The Kier molecular flexibility index (Phi) is 7.11. The second kappa shape index (κ2) is 9.13. The van der Waals surface area contributed by atoms with Crippen molar-refractivity contribution in [3.8, 4) is 11.5 Å². The van der Waals surface area contributed by atoms with Gasteiger partial charge in [-0.2, -0.15) is 0 Å². The van der Waals surface area contributed by atoms with E-state index >= 15 is 0 Å². The minimum atomic E-state index is -3.85. The molecule has 0 saturated heterocycles. The van der Waals surface area contributed by atoms with Crippen LogP contribution in [0.5, 0.6) is 11.5 Å². The van der Waals surface area contributed by atoms with Gasteiger partial charge in [0.25, 0.3) is 15.9 Å². The summed E-state index contributed by atoms with van der Waals surface area (Å²) < 4.78 is 38.6. The third-order valence-corrected chi connectivity index (χ3v) is 5.31. The molecular weight excluding hydrogens is 406 g/mol. The van der Waals surface area contributed by atoms with Gasteiger partial charge in [-0.15, -0.1) is 12.4 Å². The fraction of sp³-hybridized carbons (Fsp3) is 0.278. The molecular formula is C18H22ClN3O5S. The predicted octanol–water partition coefficient (Wildman–Crippen LogP) is 1.76. The van der Waals surface area contributed by atoms with Gasteiger partial charge in [-0.1, -0.05) is 6.07 Å². The molecule has 0 saturated carbocycles. The number of anilines is 1. The molecule has 0 unspecified atom stereocenters. The van der Waals surface area contributed by atoms with Gasteiger partial charge in [0.2, 0.25) is 0 Å². The van der Waals surface area contributed by atoms with Crippen LogP contribution < -0.4 is 25.2 Å². The van der Waals surface area contributed by atoms with Gasteiger partial charge in [-0.3, -0.25) is 9.52 Å². The van der Waals surface area contributed by atoms with Crippen LogP contribution in [-0.2, 0) is 10.0 Å². The number of halogens is 1.